The van der Waals surface area contributed by atoms with Crippen molar-refractivity contribution in [2.75, 3.05) is 32.8 Å². The van der Waals surface area contributed by atoms with Gasteiger partial charge in [0.1, 0.15) is 0 Å². The maximum Gasteiger partial charge on any atom is 0.407 e. The number of carbonyl (C=O) groups is 3. The van der Waals surface area contributed by atoms with Gasteiger partial charge < -0.3 is 19.6 Å². The van der Waals surface area contributed by atoms with Crippen LogP contribution in [0, 0.1) is 17.8 Å². The number of carbonyl (C=O) groups excluding carboxylic acids is 2. The van der Waals surface area contributed by atoms with Crippen LogP contribution in [0.2, 0.25) is 0 Å². The molecule has 1 aromatic rings. The van der Waals surface area contributed by atoms with Crippen molar-refractivity contribution in [2.24, 2.45) is 17.8 Å². The summed E-state index contributed by atoms with van der Waals surface area (Å²) in [4.78, 5) is 41.0. The van der Waals surface area contributed by atoms with Crippen LogP contribution in [-0.4, -0.2) is 76.9 Å². The van der Waals surface area contributed by atoms with Crippen molar-refractivity contribution in [1.82, 2.24) is 15.3 Å². The Balaban J connectivity index is 1.41. The number of nitrogens with one attached hydrogen (secondary N) is 1. The summed E-state index contributed by atoms with van der Waals surface area (Å²) >= 11 is 0. The molecule has 3 amide bonds. The first-order valence-corrected chi connectivity index (χ1v) is 11.8. The number of carboxylic acid groups (broad SMARTS) is 1. The maximum atomic E-state index is 13.4. The van der Waals surface area contributed by atoms with Crippen LogP contribution in [0.25, 0.3) is 0 Å². The van der Waals surface area contributed by atoms with E-state index < -0.39 is 23.8 Å². The fourth-order valence-corrected chi connectivity index (χ4v) is 5.71. The first-order valence-electron chi connectivity index (χ1n) is 11.8. The summed E-state index contributed by atoms with van der Waals surface area (Å²) in [6, 6.07) is 9.96. The fourth-order valence-electron chi connectivity index (χ4n) is 5.71. The Morgan fingerprint density at radius 3 is 2.55 bits per heavy atom. The molecule has 33 heavy (non-hydrogen) atoms. The number of ether oxygens (including phenoxy) is 1. The van der Waals surface area contributed by atoms with E-state index in [4.69, 9.17) is 4.74 Å². The van der Waals surface area contributed by atoms with Gasteiger partial charge in [-0.1, -0.05) is 30.3 Å². The number of hydroxylamine groups is 1. The van der Waals surface area contributed by atoms with Crippen LogP contribution < -0.4 is 5.48 Å². The van der Waals surface area contributed by atoms with E-state index in [0.29, 0.717) is 58.5 Å². The van der Waals surface area contributed by atoms with E-state index in [1.807, 2.05) is 23.1 Å². The van der Waals surface area contributed by atoms with E-state index >= 15 is 0 Å². The summed E-state index contributed by atoms with van der Waals surface area (Å²) < 4.78 is 5.35. The lowest BCUT2D eigenvalue weighted by Gasteiger charge is -2.38. The third-order valence-electron chi connectivity index (χ3n) is 7.54. The molecule has 180 valence electrons. The molecule has 2 saturated heterocycles. The van der Waals surface area contributed by atoms with Gasteiger partial charge >= 0.3 is 6.09 Å². The molecule has 1 unspecified atom stereocenters. The molecule has 3 fully saturated rings. The summed E-state index contributed by atoms with van der Waals surface area (Å²) in [6.07, 6.45) is 2.10. The molecule has 1 saturated carbocycles. The predicted molar refractivity (Wildman–Crippen MR) is 119 cm³/mol. The zero-order chi connectivity index (χ0) is 23.4. The Morgan fingerprint density at radius 2 is 1.88 bits per heavy atom. The van der Waals surface area contributed by atoms with Crippen molar-refractivity contribution < 1.29 is 29.4 Å². The molecule has 0 bridgehead atoms. The molecule has 2 aliphatic heterocycles. The summed E-state index contributed by atoms with van der Waals surface area (Å²) in [7, 11) is 0. The Labute approximate surface area is 193 Å². The largest absolute Gasteiger partial charge is 0.465 e. The van der Waals surface area contributed by atoms with Crippen LogP contribution in [0.15, 0.2) is 30.3 Å². The molecular formula is C24H33N3O6. The Bertz CT molecular complexity index is 844. The van der Waals surface area contributed by atoms with Gasteiger partial charge in [-0.25, -0.2) is 10.3 Å². The van der Waals surface area contributed by atoms with Crippen molar-refractivity contribution in [1.29, 1.82) is 0 Å². The third-order valence-corrected chi connectivity index (χ3v) is 7.54. The standard InChI is InChI=1S/C24H33N3O6/c28-22(25-32)21-12-16(13-27(24(30)31)19-9-11-33-15-19)6-7-20(21)23(29)26-10-8-18(14-26)17-4-2-1-3-5-17/h1-5,16,18-21,32H,6-15H2,(H,25,28)(H,30,31)/t16?,18-,19-,20-,21-/m0/s1. The molecule has 3 aliphatic rings. The van der Waals surface area contributed by atoms with Gasteiger partial charge in [0, 0.05) is 38.1 Å². The van der Waals surface area contributed by atoms with Gasteiger partial charge in [0.05, 0.1) is 18.6 Å². The number of nitrogens with zero attached hydrogens (tertiary/aromatic N) is 2. The second-order valence-corrected chi connectivity index (χ2v) is 9.50. The van der Waals surface area contributed by atoms with Crippen molar-refractivity contribution in [3.63, 3.8) is 0 Å². The van der Waals surface area contributed by atoms with Crippen LogP contribution in [0.1, 0.15) is 43.6 Å². The van der Waals surface area contributed by atoms with E-state index in [-0.39, 0.29) is 23.8 Å². The second-order valence-electron chi connectivity index (χ2n) is 9.50. The molecule has 0 aromatic heterocycles. The number of hydrogen-bond donors (Lipinski definition) is 3. The molecule has 3 N–H and O–H groups in total. The molecule has 0 spiro atoms. The van der Waals surface area contributed by atoms with Gasteiger partial charge in [0.25, 0.3) is 0 Å². The fraction of sp³-hybridized carbons (Fsp3) is 0.625. The normalized spacial score (nSPS) is 29.6. The summed E-state index contributed by atoms with van der Waals surface area (Å²) in [5.41, 5.74) is 2.95. The van der Waals surface area contributed by atoms with Crippen molar-refractivity contribution in [3.05, 3.63) is 35.9 Å². The van der Waals surface area contributed by atoms with Gasteiger partial charge in [0.2, 0.25) is 11.8 Å². The van der Waals surface area contributed by atoms with Crippen molar-refractivity contribution in [2.45, 2.75) is 44.1 Å². The average molecular weight is 460 g/mol. The highest BCUT2D eigenvalue weighted by Crippen LogP contribution is 2.38. The number of likely N-dealkylation sites (tertiary alicyclic amines) is 1. The average Bonchev–Trinajstić information content (AvgIpc) is 3.54. The smallest absolute Gasteiger partial charge is 0.407 e. The lowest BCUT2D eigenvalue weighted by atomic mass is 9.72. The van der Waals surface area contributed by atoms with Crippen LogP contribution in [-0.2, 0) is 14.3 Å². The highest BCUT2D eigenvalue weighted by molar-refractivity contribution is 5.87. The summed E-state index contributed by atoms with van der Waals surface area (Å²) in [6.45, 7) is 2.52. The number of hydrogen-bond acceptors (Lipinski definition) is 5. The molecule has 0 radical (unpaired) electrons. The van der Waals surface area contributed by atoms with E-state index in [0.717, 1.165) is 6.42 Å². The van der Waals surface area contributed by atoms with Gasteiger partial charge in [-0.15, -0.1) is 0 Å². The SMILES string of the molecule is O=C(NO)[C@H]1CC(CN(C(=O)O)[C@H]2CCOC2)CC[C@@H]1C(=O)N1CC[C@H](c2ccccc2)C1. The minimum atomic E-state index is -0.990. The van der Waals surface area contributed by atoms with Gasteiger partial charge in [0.15, 0.2) is 0 Å². The van der Waals surface area contributed by atoms with Crippen LogP contribution in [0.5, 0.6) is 0 Å². The highest BCUT2D eigenvalue weighted by Gasteiger charge is 2.43. The first kappa shape index (κ1) is 23.5. The minimum absolute atomic E-state index is 0.0419. The summed E-state index contributed by atoms with van der Waals surface area (Å²) in [5, 5.41) is 19.0. The summed E-state index contributed by atoms with van der Waals surface area (Å²) in [5.74, 6) is -1.55. The van der Waals surface area contributed by atoms with Gasteiger partial charge in [-0.3, -0.25) is 14.8 Å². The third kappa shape index (κ3) is 5.30. The van der Waals surface area contributed by atoms with Crippen molar-refractivity contribution >= 4 is 17.9 Å². The molecular weight excluding hydrogens is 426 g/mol. The number of rotatable bonds is 6. The molecule has 5 atom stereocenters. The van der Waals surface area contributed by atoms with E-state index in [2.05, 4.69) is 12.1 Å². The first-order chi connectivity index (χ1) is 16.0. The molecule has 4 rings (SSSR count). The number of benzene rings is 1. The Kier molecular flexibility index (Phi) is 7.49. The molecule has 9 nitrogen and oxygen atoms in total. The van der Waals surface area contributed by atoms with E-state index in [1.54, 1.807) is 5.48 Å². The molecule has 2 heterocycles. The monoisotopic (exact) mass is 459 g/mol. The zero-order valence-corrected chi connectivity index (χ0v) is 18.8. The predicted octanol–water partition coefficient (Wildman–Crippen LogP) is 2.31. The highest BCUT2D eigenvalue weighted by atomic mass is 16.5. The molecule has 9 heteroatoms. The van der Waals surface area contributed by atoms with Crippen LogP contribution in [0.4, 0.5) is 4.79 Å². The molecule has 1 aromatic carbocycles. The lowest BCUT2D eigenvalue weighted by molar-refractivity contribution is -0.147. The second kappa shape index (κ2) is 10.5. The Morgan fingerprint density at radius 1 is 1.09 bits per heavy atom. The van der Waals surface area contributed by atoms with Gasteiger partial charge in [-0.2, -0.15) is 0 Å². The quantitative estimate of drug-likeness (QED) is 0.444. The lowest BCUT2D eigenvalue weighted by Crippen LogP contribution is -2.48. The van der Waals surface area contributed by atoms with Crippen molar-refractivity contribution in [3.8, 4) is 0 Å². The van der Waals surface area contributed by atoms with Gasteiger partial charge in [-0.05, 0) is 43.6 Å². The Hall–Kier alpha value is -2.65. The van der Waals surface area contributed by atoms with E-state index in [9.17, 15) is 24.7 Å². The maximum absolute atomic E-state index is 13.4. The van der Waals surface area contributed by atoms with E-state index in [1.165, 1.54) is 10.5 Å². The molecule has 1 aliphatic carbocycles. The topological polar surface area (TPSA) is 119 Å². The van der Waals surface area contributed by atoms with Crippen LogP contribution >= 0.6 is 0 Å². The number of amides is 3. The minimum Gasteiger partial charge on any atom is -0.465 e. The van der Waals surface area contributed by atoms with Crippen LogP contribution in [0.3, 0.4) is 0 Å². The zero-order valence-electron chi connectivity index (χ0n) is 18.8.